The number of phenols is 1. The highest BCUT2D eigenvalue weighted by atomic mass is 16.3. The Balaban J connectivity index is 1.66. The molecule has 2 aromatic rings. The number of nitrogens with zero attached hydrogens (tertiary/aromatic N) is 2. The molecule has 4 nitrogen and oxygen atoms in total. The molecule has 128 valence electrons. The van der Waals surface area contributed by atoms with Gasteiger partial charge in [0.1, 0.15) is 5.75 Å². The van der Waals surface area contributed by atoms with Crippen LogP contribution in [0.3, 0.4) is 0 Å². The number of benzene rings is 2. The minimum absolute atomic E-state index is 0.289. The molecule has 4 heteroatoms. The van der Waals surface area contributed by atoms with Gasteiger partial charge in [-0.1, -0.05) is 42.5 Å². The molecule has 0 saturated carbocycles. The van der Waals surface area contributed by atoms with Gasteiger partial charge in [-0.05, 0) is 30.3 Å². The van der Waals surface area contributed by atoms with Crippen molar-refractivity contribution in [2.24, 2.45) is 0 Å². The quantitative estimate of drug-likeness (QED) is 0.856. The van der Waals surface area contributed by atoms with Crippen LogP contribution < -0.4 is 5.32 Å². The van der Waals surface area contributed by atoms with E-state index in [0.717, 1.165) is 44.8 Å². The van der Waals surface area contributed by atoms with Crippen LogP contribution in [0.1, 0.15) is 17.2 Å². The second-order valence-corrected chi connectivity index (χ2v) is 6.62. The van der Waals surface area contributed by atoms with Gasteiger partial charge in [0.2, 0.25) is 0 Å². The van der Waals surface area contributed by atoms with Crippen molar-refractivity contribution >= 4 is 0 Å². The zero-order chi connectivity index (χ0) is 16.8. The van der Waals surface area contributed by atoms with Crippen LogP contribution in [0, 0.1) is 0 Å². The Morgan fingerprint density at radius 3 is 2.46 bits per heavy atom. The summed E-state index contributed by atoms with van der Waals surface area (Å²) in [6, 6.07) is 18.4. The molecule has 2 aromatic carbocycles. The van der Waals surface area contributed by atoms with Crippen LogP contribution in [-0.2, 0) is 6.54 Å². The van der Waals surface area contributed by atoms with Gasteiger partial charge in [0.25, 0.3) is 0 Å². The summed E-state index contributed by atoms with van der Waals surface area (Å²) >= 11 is 0. The molecule has 1 fully saturated rings. The lowest BCUT2D eigenvalue weighted by molar-refractivity contribution is 0.142. The second-order valence-electron chi connectivity index (χ2n) is 6.62. The van der Waals surface area contributed by atoms with E-state index in [1.807, 2.05) is 18.2 Å². The first-order valence-corrected chi connectivity index (χ1v) is 8.68. The normalized spacial score (nSPS) is 17.7. The first kappa shape index (κ1) is 17.0. The van der Waals surface area contributed by atoms with Crippen LogP contribution in [0.15, 0.2) is 54.6 Å². The largest absolute Gasteiger partial charge is 0.508 e. The highest BCUT2D eigenvalue weighted by Gasteiger charge is 2.19. The summed E-state index contributed by atoms with van der Waals surface area (Å²) in [5.74, 6) is 0.324. The molecule has 0 aromatic heterocycles. The molecule has 1 atom stereocenters. The Hall–Kier alpha value is -1.88. The fourth-order valence-corrected chi connectivity index (χ4v) is 3.17. The third-order valence-electron chi connectivity index (χ3n) is 4.70. The monoisotopic (exact) mass is 325 g/mol. The summed E-state index contributed by atoms with van der Waals surface area (Å²) in [6.45, 7) is 6.27. The van der Waals surface area contributed by atoms with Gasteiger partial charge in [-0.2, -0.15) is 0 Å². The van der Waals surface area contributed by atoms with E-state index < -0.39 is 0 Å². The molecule has 0 radical (unpaired) electrons. The van der Waals surface area contributed by atoms with Crippen molar-refractivity contribution in [3.8, 4) is 5.75 Å². The van der Waals surface area contributed by atoms with Gasteiger partial charge < -0.3 is 15.3 Å². The fraction of sp³-hybridized carbons (Fsp3) is 0.400. The van der Waals surface area contributed by atoms with Crippen LogP contribution in [0.4, 0.5) is 0 Å². The lowest BCUT2D eigenvalue weighted by Gasteiger charge is -2.35. The summed E-state index contributed by atoms with van der Waals surface area (Å²) in [5.41, 5.74) is 2.42. The van der Waals surface area contributed by atoms with Gasteiger partial charge in [0.15, 0.2) is 0 Å². The molecule has 0 bridgehead atoms. The van der Waals surface area contributed by atoms with Gasteiger partial charge in [0, 0.05) is 45.3 Å². The van der Waals surface area contributed by atoms with Crippen molar-refractivity contribution in [2.75, 3.05) is 39.8 Å². The van der Waals surface area contributed by atoms with E-state index in [1.54, 1.807) is 6.07 Å². The van der Waals surface area contributed by atoms with Gasteiger partial charge in [-0.25, -0.2) is 0 Å². The van der Waals surface area contributed by atoms with E-state index in [9.17, 15) is 5.11 Å². The standard InChI is InChI=1S/C20H27N3O/c1-22-10-12-23(13-11-22)16-20(18-7-3-2-4-8-18)21-15-17-6-5-9-19(24)14-17/h2-9,14,20-21,24H,10-13,15-16H2,1H3. The second kappa shape index (κ2) is 8.29. The average molecular weight is 325 g/mol. The molecule has 1 aliphatic rings. The molecule has 24 heavy (non-hydrogen) atoms. The van der Waals surface area contributed by atoms with Crippen molar-refractivity contribution < 1.29 is 5.11 Å². The summed E-state index contributed by atoms with van der Waals surface area (Å²) in [4.78, 5) is 4.92. The molecule has 2 N–H and O–H groups in total. The van der Waals surface area contributed by atoms with Crippen LogP contribution in [0.5, 0.6) is 5.75 Å². The maximum Gasteiger partial charge on any atom is 0.115 e. The minimum atomic E-state index is 0.289. The summed E-state index contributed by atoms with van der Waals surface area (Å²) in [7, 11) is 2.19. The molecule has 1 saturated heterocycles. The van der Waals surface area contributed by atoms with Gasteiger partial charge in [-0.15, -0.1) is 0 Å². The number of phenolic OH excluding ortho intramolecular Hbond substituents is 1. The van der Waals surface area contributed by atoms with Crippen molar-refractivity contribution in [2.45, 2.75) is 12.6 Å². The van der Waals surface area contributed by atoms with Crippen LogP contribution in [0.2, 0.25) is 0 Å². The predicted octanol–water partition coefficient (Wildman–Crippen LogP) is 2.47. The van der Waals surface area contributed by atoms with Crippen molar-refractivity contribution in [1.29, 1.82) is 0 Å². The zero-order valence-corrected chi connectivity index (χ0v) is 14.4. The fourth-order valence-electron chi connectivity index (χ4n) is 3.17. The smallest absolute Gasteiger partial charge is 0.115 e. The lowest BCUT2D eigenvalue weighted by Crippen LogP contribution is -2.47. The van der Waals surface area contributed by atoms with Gasteiger partial charge in [-0.3, -0.25) is 4.90 Å². The van der Waals surface area contributed by atoms with E-state index in [4.69, 9.17) is 0 Å². The molecule has 3 rings (SSSR count). The topological polar surface area (TPSA) is 38.7 Å². The maximum atomic E-state index is 9.64. The molecule has 0 aliphatic carbocycles. The highest BCUT2D eigenvalue weighted by Crippen LogP contribution is 2.17. The number of hydrogen-bond donors (Lipinski definition) is 2. The Kier molecular flexibility index (Phi) is 5.86. The van der Waals surface area contributed by atoms with E-state index in [1.165, 1.54) is 5.56 Å². The summed E-state index contributed by atoms with van der Waals surface area (Å²) in [6.07, 6.45) is 0. The number of likely N-dealkylation sites (N-methyl/N-ethyl adjacent to an activating group) is 1. The first-order chi connectivity index (χ1) is 11.7. The molecule has 0 spiro atoms. The minimum Gasteiger partial charge on any atom is -0.508 e. The zero-order valence-electron chi connectivity index (χ0n) is 14.4. The number of hydrogen-bond acceptors (Lipinski definition) is 4. The van der Waals surface area contributed by atoms with E-state index in [-0.39, 0.29) is 6.04 Å². The molecular weight excluding hydrogens is 298 g/mol. The Morgan fingerprint density at radius 1 is 1.00 bits per heavy atom. The van der Waals surface area contributed by atoms with Crippen LogP contribution in [-0.4, -0.2) is 54.7 Å². The number of rotatable bonds is 6. The predicted molar refractivity (Wildman–Crippen MR) is 98.1 cm³/mol. The maximum absolute atomic E-state index is 9.64. The summed E-state index contributed by atoms with van der Waals surface area (Å²) < 4.78 is 0. The van der Waals surface area contributed by atoms with E-state index in [0.29, 0.717) is 5.75 Å². The number of piperazine rings is 1. The summed E-state index contributed by atoms with van der Waals surface area (Å²) in [5, 5.41) is 13.3. The SMILES string of the molecule is CN1CCN(CC(NCc2cccc(O)c2)c2ccccc2)CC1. The Labute approximate surface area is 144 Å². The van der Waals surface area contributed by atoms with Crippen molar-refractivity contribution in [1.82, 2.24) is 15.1 Å². The lowest BCUT2D eigenvalue weighted by atomic mass is 10.1. The van der Waals surface area contributed by atoms with Gasteiger partial charge in [0.05, 0.1) is 0 Å². The van der Waals surface area contributed by atoms with Crippen molar-refractivity contribution in [3.63, 3.8) is 0 Å². The van der Waals surface area contributed by atoms with Crippen LogP contribution >= 0.6 is 0 Å². The number of aromatic hydroxyl groups is 1. The molecule has 0 amide bonds. The molecule has 1 aliphatic heterocycles. The highest BCUT2D eigenvalue weighted by molar-refractivity contribution is 5.27. The Bertz CT molecular complexity index is 624. The Morgan fingerprint density at radius 2 is 1.75 bits per heavy atom. The van der Waals surface area contributed by atoms with E-state index in [2.05, 4.69) is 52.5 Å². The first-order valence-electron chi connectivity index (χ1n) is 8.68. The van der Waals surface area contributed by atoms with Gasteiger partial charge >= 0.3 is 0 Å². The van der Waals surface area contributed by atoms with E-state index >= 15 is 0 Å². The number of nitrogens with one attached hydrogen (secondary N) is 1. The molecule has 1 unspecified atom stereocenters. The van der Waals surface area contributed by atoms with Crippen molar-refractivity contribution in [3.05, 3.63) is 65.7 Å². The molecular formula is C20H27N3O. The van der Waals surface area contributed by atoms with Crippen LogP contribution in [0.25, 0.3) is 0 Å². The third-order valence-corrected chi connectivity index (χ3v) is 4.70. The average Bonchev–Trinajstić information content (AvgIpc) is 2.61. The third kappa shape index (κ3) is 4.81. The molecule has 1 heterocycles.